The van der Waals surface area contributed by atoms with E-state index in [4.69, 9.17) is 0 Å². The van der Waals surface area contributed by atoms with Crippen LogP contribution in [0.2, 0.25) is 0 Å². The molecule has 0 aliphatic carbocycles. The predicted molar refractivity (Wildman–Crippen MR) is 71.6 cm³/mol. The molecular formula is C15H9F6NO. The molecule has 0 aliphatic rings. The van der Waals surface area contributed by atoms with Gasteiger partial charge in [0.1, 0.15) is 0 Å². The van der Waals surface area contributed by atoms with E-state index in [9.17, 15) is 31.1 Å². The van der Waals surface area contributed by atoms with Gasteiger partial charge >= 0.3 is 18.3 Å². The molecule has 2 aromatic rings. The van der Waals surface area contributed by atoms with Crippen LogP contribution in [0.3, 0.4) is 0 Å². The monoisotopic (exact) mass is 333 g/mol. The smallest absolute Gasteiger partial charge is 0.318 e. The van der Waals surface area contributed by atoms with Crippen molar-refractivity contribution in [1.29, 1.82) is 0 Å². The molecule has 0 atom stereocenters. The Morgan fingerprint density at radius 1 is 0.870 bits per heavy atom. The molecule has 0 aromatic heterocycles. The molecule has 2 rings (SSSR count). The standard InChI is InChI=1S/C15H9F6NO/c16-14(17,18)12-7-2-1-6-11(12)9-4-3-5-10(8-9)22-13(23)15(19,20)21/h1-8H,(H,22,23). The lowest BCUT2D eigenvalue weighted by Crippen LogP contribution is -2.29. The van der Waals surface area contributed by atoms with Crippen LogP contribution < -0.4 is 5.32 Å². The van der Waals surface area contributed by atoms with E-state index < -0.39 is 23.8 Å². The van der Waals surface area contributed by atoms with Crippen LogP contribution in [0.25, 0.3) is 11.1 Å². The Morgan fingerprint density at radius 3 is 2.13 bits per heavy atom. The molecule has 122 valence electrons. The maximum Gasteiger partial charge on any atom is 0.471 e. The molecule has 0 radical (unpaired) electrons. The molecule has 2 nitrogen and oxygen atoms in total. The second-order valence-corrected chi connectivity index (χ2v) is 4.58. The van der Waals surface area contributed by atoms with Gasteiger partial charge in [0.25, 0.3) is 0 Å². The molecular weight excluding hydrogens is 324 g/mol. The minimum Gasteiger partial charge on any atom is -0.318 e. The number of amides is 1. The molecule has 0 saturated heterocycles. The highest BCUT2D eigenvalue weighted by atomic mass is 19.4. The second-order valence-electron chi connectivity index (χ2n) is 4.58. The third kappa shape index (κ3) is 4.02. The van der Waals surface area contributed by atoms with E-state index in [2.05, 4.69) is 0 Å². The first-order valence-electron chi connectivity index (χ1n) is 6.24. The Morgan fingerprint density at radius 2 is 1.52 bits per heavy atom. The molecule has 0 aliphatic heterocycles. The number of rotatable bonds is 2. The number of carbonyl (C=O) groups excluding carboxylic acids is 1. The van der Waals surface area contributed by atoms with Gasteiger partial charge in [-0.3, -0.25) is 4.79 Å². The van der Waals surface area contributed by atoms with Crippen LogP contribution in [0.5, 0.6) is 0 Å². The highest BCUT2D eigenvalue weighted by Gasteiger charge is 2.38. The maximum atomic E-state index is 13.0. The number of nitrogens with one attached hydrogen (secondary N) is 1. The van der Waals surface area contributed by atoms with E-state index in [0.29, 0.717) is 0 Å². The summed E-state index contributed by atoms with van der Waals surface area (Å²) in [5.74, 6) is -2.20. The molecule has 0 unspecified atom stereocenters. The summed E-state index contributed by atoms with van der Waals surface area (Å²) < 4.78 is 75.6. The highest BCUT2D eigenvalue weighted by molar-refractivity contribution is 5.95. The largest absolute Gasteiger partial charge is 0.471 e. The van der Waals surface area contributed by atoms with Gasteiger partial charge in [-0.1, -0.05) is 30.3 Å². The number of anilines is 1. The summed E-state index contributed by atoms with van der Waals surface area (Å²) in [6.07, 6.45) is -9.69. The summed E-state index contributed by atoms with van der Waals surface area (Å²) in [5, 5.41) is 1.61. The third-order valence-corrected chi connectivity index (χ3v) is 2.92. The van der Waals surface area contributed by atoms with Crippen LogP contribution in [0, 0.1) is 0 Å². The van der Waals surface area contributed by atoms with Crippen molar-refractivity contribution in [3.8, 4) is 11.1 Å². The quantitative estimate of drug-likeness (QED) is 0.780. The topological polar surface area (TPSA) is 29.1 Å². The van der Waals surface area contributed by atoms with E-state index in [1.807, 2.05) is 0 Å². The molecule has 1 amide bonds. The zero-order valence-corrected chi connectivity index (χ0v) is 11.3. The molecule has 2 aromatic carbocycles. The van der Waals surface area contributed by atoms with Crippen molar-refractivity contribution in [3.05, 3.63) is 54.1 Å². The molecule has 0 fully saturated rings. The normalized spacial score (nSPS) is 12.1. The number of hydrogen-bond acceptors (Lipinski definition) is 1. The first-order valence-corrected chi connectivity index (χ1v) is 6.24. The van der Waals surface area contributed by atoms with Crippen LogP contribution in [-0.4, -0.2) is 12.1 Å². The molecule has 0 saturated carbocycles. The Kier molecular flexibility index (Phi) is 4.35. The number of benzene rings is 2. The number of halogens is 6. The fourth-order valence-corrected chi connectivity index (χ4v) is 1.95. The van der Waals surface area contributed by atoms with Crippen LogP contribution in [0.4, 0.5) is 32.0 Å². The lowest BCUT2D eigenvalue weighted by Gasteiger charge is -2.14. The van der Waals surface area contributed by atoms with Crippen molar-refractivity contribution in [2.24, 2.45) is 0 Å². The van der Waals surface area contributed by atoms with Crippen LogP contribution in [0.1, 0.15) is 5.56 Å². The van der Waals surface area contributed by atoms with Gasteiger partial charge in [0.05, 0.1) is 5.56 Å². The van der Waals surface area contributed by atoms with Crippen molar-refractivity contribution >= 4 is 11.6 Å². The fourth-order valence-electron chi connectivity index (χ4n) is 1.95. The van der Waals surface area contributed by atoms with Gasteiger partial charge in [-0.25, -0.2) is 0 Å². The Labute approximate surface area is 126 Å². The first-order chi connectivity index (χ1) is 10.6. The number of hydrogen-bond donors (Lipinski definition) is 1. The van der Waals surface area contributed by atoms with Gasteiger partial charge in [0.15, 0.2) is 0 Å². The van der Waals surface area contributed by atoms with Crippen molar-refractivity contribution < 1.29 is 31.1 Å². The first kappa shape index (κ1) is 16.9. The number of alkyl halides is 6. The molecule has 1 N–H and O–H groups in total. The number of carbonyl (C=O) groups is 1. The summed E-state index contributed by atoms with van der Waals surface area (Å²) in [4.78, 5) is 10.9. The van der Waals surface area contributed by atoms with E-state index >= 15 is 0 Å². The van der Waals surface area contributed by atoms with E-state index in [1.54, 1.807) is 5.32 Å². The SMILES string of the molecule is O=C(Nc1cccc(-c2ccccc2C(F)(F)F)c1)C(F)(F)F. The summed E-state index contributed by atoms with van der Waals surface area (Å²) in [5.41, 5.74) is -1.32. The van der Waals surface area contributed by atoms with Gasteiger partial charge < -0.3 is 5.32 Å². The average molecular weight is 333 g/mol. The minimum absolute atomic E-state index is 0.0397. The van der Waals surface area contributed by atoms with Gasteiger partial charge in [-0.15, -0.1) is 0 Å². The molecule has 23 heavy (non-hydrogen) atoms. The van der Waals surface area contributed by atoms with Crippen LogP contribution in [-0.2, 0) is 11.0 Å². The third-order valence-electron chi connectivity index (χ3n) is 2.92. The van der Waals surface area contributed by atoms with E-state index in [-0.39, 0.29) is 16.8 Å². The summed E-state index contributed by atoms with van der Waals surface area (Å²) in [6, 6.07) is 9.44. The highest BCUT2D eigenvalue weighted by Crippen LogP contribution is 2.37. The molecule has 0 spiro atoms. The molecule has 0 bridgehead atoms. The average Bonchev–Trinajstić information content (AvgIpc) is 2.45. The summed E-state index contributed by atoms with van der Waals surface area (Å²) >= 11 is 0. The molecule has 0 heterocycles. The summed E-state index contributed by atoms with van der Waals surface area (Å²) in [7, 11) is 0. The fraction of sp³-hybridized carbons (Fsp3) is 0.133. The van der Waals surface area contributed by atoms with Crippen molar-refractivity contribution in [3.63, 3.8) is 0 Å². The Bertz CT molecular complexity index is 720. The maximum absolute atomic E-state index is 13.0. The lowest BCUT2D eigenvalue weighted by atomic mass is 9.99. The Hall–Kier alpha value is -2.51. The van der Waals surface area contributed by atoms with Gasteiger partial charge in [-0.05, 0) is 29.3 Å². The van der Waals surface area contributed by atoms with Crippen LogP contribution in [0.15, 0.2) is 48.5 Å². The lowest BCUT2D eigenvalue weighted by molar-refractivity contribution is -0.167. The molecule has 8 heteroatoms. The van der Waals surface area contributed by atoms with Gasteiger partial charge in [0, 0.05) is 5.69 Å². The zero-order chi connectivity index (χ0) is 17.3. The van der Waals surface area contributed by atoms with E-state index in [1.165, 1.54) is 30.3 Å². The van der Waals surface area contributed by atoms with Crippen molar-refractivity contribution in [1.82, 2.24) is 0 Å². The van der Waals surface area contributed by atoms with Crippen molar-refractivity contribution in [2.75, 3.05) is 5.32 Å². The second kappa shape index (κ2) is 5.94. The predicted octanol–water partition coefficient (Wildman–Crippen LogP) is 4.87. The van der Waals surface area contributed by atoms with Crippen LogP contribution >= 0.6 is 0 Å². The zero-order valence-electron chi connectivity index (χ0n) is 11.3. The van der Waals surface area contributed by atoms with E-state index in [0.717, 1.165) is 18.2 Å². The Balaban J connectivity index is 2.40. The van der Waals surface area contributed by atoms with Gasteiger partial charge in [-0.2, -0.15) is 26.3 Å². The van der Waals surface area contributed by atoms with Gasteiger partial charge in [0.2, 0.25) is 0 Å². The summed E-state index contributed by atoms with van der Waals surface area (Å²) in [6.45, 7) is 0. The van der Waals surface area contributed by atoms with Crippen molar-refractivity contribution in [2.45, 2.75) is 12.4 Å². The minimum atomic E-state index is -5.08.